The van der Waals surface area contributed by atoms with E-state index in [9.17, 15) is 0 Å². The molecule has 1 N–H and O–H groups in total. The van der Waals surface area contributed by atoms with E-state index in [0.29, 0.717) is 0 Å². The van der Waals surface area contributed by atoms with Gasteiger partial charge in [-0.05, 0) is 41.8 Å². The molecule has 2 heterocycles. The average Bonchev–Trinajstić information content (AvgIpc) is 3.35. The molecular weight excluding hydrogens is 376 g/mol. The van der Waals surface area contributed by atoms with Crippen LogP contribution in [0, 0.1) is 0 Å². The Morgan fingerprint density at radius 3 is 2.06 bits per heavy atom. The average molecular weight is 403 g/mol. The number of H-pyrrole nitrogens is 1. The van der Waals surface area contributed by atoms with E-state index in [1.807, 2.05) is 13.8 Å². The first-order valence-corrected chi connectivity index (χ1v) is 11.0. The molecule has 1 unspecified atom stereocenters. The number of aliphatic imine (C=N–C) groups is 1. The smallest absolute Gasteiger partial charge is 0.0686 e. The summed E-state index contributed by atoms with van der Waals surface area (Å²) in [6, 6.07) is 34.3. The van der Waals surface area contributed by atoms with Crippen LogP contribution >= 0.6 is 0 Å². The van der Waals surface area contributed by atoms with Crippen molar-refractivity contribution < 1.29 is 0 Å². The van der Waals surface area contributed by atoms with Crippen LogP contribution in [0.4, 0.5) is 5.69 Å². The minimum Gasteiger partial charge on any atom is -0.354 e. The first-order chi connectivity index (χ1) is 15.2. The second kappa shape index (κ2) is 7.55. The highest BCUT2D eigenvalue weighted by molar-refractivity contribution is 6.17. The maximum Gasteiger partial charge on any atom is 0.0686 e. The van der Waals surface area contributed by atoms with E-state index in [0.717, 1.165) is 16.9 Å². The van der Waals surface area contributed by atoms with Crippen LogP contribution < -0.4 is 0 Å². The van der Waals surface area contributed by atoms with E-state index in [4.69, 9.17) is 4.99 Å². The summed E-state index contributed by atoms with van der Waals surface area (Å²) in [5, 5.41) is 2.47. The zero-order valence-corrected chi connectivity index (χ0v) is 18.2. The first kappa shape index (κ1) is 19.3. The molecule has 0 spiro atoms. The molecule has 0 saturated carbocycles. The van der Waals surface area contributed by atoms with Crippen LogP contribution in [-0.2, 0) is 5.41 Å². The molecule has 31 heavy (non-hydrogen) atoms. The molecule has 152 valence electrons. The zero-order valence-electron chi connectivity index (χ0n) is 18.2. The Morgan fingerprint density at radius 1 is 0.677 bits per heavy atom. The number of para-hydroxylation sites is 1. The van der Waals surface area contributed by atoms with Crippen LogP contribution in [0.2, 0.25) is 0 Å². The second-order valence-electron chi connectivity index (χ2n) is 7.90. The topological polar surface area (TPSA) is 28.1 Å². The third-order valence-electron chi connectivity index (χ3n) is 6.27. The van der Waals surface area contributed by atoms with Gasteiger partial charge in [0.15, 0.2) is 0 Å². The quantitative estimate of drug-likeness (QED) is 0.312. The standard InChI is InChI=1S/C27H20N2.C2H6/c1-27(19-12-6-3-7-13-19)22-17-24-21(20-14-8-9-15-23(20)28-24)16-25(22)29-26(27)18-10-4-2-5-11-18;1-2/h2-17,28H,1H3;1-2H3. The summed E-state index contributed by atoms with van der Waals surface area (Å²) in [5.74, 6) is 0. The predicted octanol–water partition coefficient (Wildman–Crippen LogP) is 7.79. The van der Waals surface area contributed by atoms with Crippen molar-refractivity contribution in [3.63, 3.8) is 0 Å². The van der Waals surface area contributed by atoms with Gasteiger partial charge in [0.2, 0.25) is 0 Å². The van der Waals surface area contributed by atoms with Crippen molar-refractivity contribution in [3.8, 4) is 0 Å². The fraction of sp³-hybridized carbons (Fsp3) is 0.138. The molecule has 0 amide bonds. The predicted molar refractivity (Wildman–Crippen MR) is 133 cm³/mol. The van der Waals surface area contributed by atoms with Crippen LogP contribution in [0.3, 0.4) is 0 Å². The number of hydrogen-bond acceptors (Lipinski definition) is 1. The maximum absolute atomic E-state index is 5.19. The minimum absolute atomic E-state index is 0.302. The van der Waals surface area contributed by atoms with E-state index in [1.54, 1.807) is 0 Å². The van der Waals surface area contributed by atoms with Gasteiger partial charge in [-0.3, -0.25) is 4.99 Å². The molecule has 2 nitrogen and oxygen atoms in total. The van der Waals surface area contributed by atoms with E-state index in [-0.39, 0.29) is 5.41 Å². The third-order valence-corrected chi connectivity index (χ3v) is 6.27. The Balaban J connectivity index is 0.000000994. The lowest BCUT2D eigenvalue weighted by molar-refractivity contribution is 0.795. The van der Waals surface area contributed by atoms with Gasteiger partial charge in [-0.1, -0.05) is 92.7 Å². The Hall–Kier alpha value is -3.65. The van der Waals surface area contributed by atoms with E-state index in [1.165, 1.54) is 33.0 Å². The molecule has 6 rings (SSSR count). The number of nitrogens with zero attached hydrogens (tertiary/aromatic N) is 1. The van der Waals surface area contributed by atoms with Crippen molar-refractivity contribution in [1.29, 1.82) is 0 Å². The van der Waals surface area contributed by atoms with Crippen LogP contribution in [-0.4, -0.2) is 10.7 Å². The van der Waals surface area contributed by atoms with Crippen LogP contribution in [0.25, 0.3) is 21.8 Å². The van der Waals surface area contributed by atoms with Crippen molar-refractivity contribution in [2.45, 2.75) is 26.2 Å². The molecule has 0 aliphatic carbocycles. The van der Waals surface area contributed by atoms with Gasteiger partial charge in [0.25, 0.3) is 0 Å². The summed E-state index contributed by atoms with van der Waals surface area (Å²) in [4.78, 5) is 8.79. The Kier molecular flexibility index (Phi) is 4.71. The number of rotatable bonds is 2. The van der Waals surface area contributed by atoms with E-state index < -0.39 is 0 Å². The van der Waals surface area contributed by atoms with Crippen molar-refractivity contribution in [3.05, 3.63) is 114 Å². The second-order valence-corrected chi connectivity index (χ2v) is 7.90. The highest BCUT2D eigenvalue weighted by Crippen LogP contribution is 2.48. The summed E-state index contributed by atoms with van der Waals surface area (Å²) < 4.78 is 0. The number of hydrogen-bond donors (Lipinski definition) is 1. The molecule has 0 bridgehead atoms. The van der Waals surface area contributed by atoms with Gasteiger partial charge in [0.05, 0.1) is 16.8 Å². The number of nitrogens with one attached hydrogen (secondary N) is 1. The first-order valence-electron chi connectivity index (χ1n) is 11.0. The molecule has 1 aromatic heterocycles. The zero-order chi connectivity index (χ0) is 21.4. The Bertz CT molecular complexity index is 1390. The number of aromatic nitrogens is 1. The molecule has 0 fully saturated rings. The summed E-state index contributed by atoms with van der Waals surface area (Å²) in [6.07, 6.45) is 0. The molecule has 0 saturated heterocycles. The highest BCUT2D eigenvalue weighted by Gasteiger charge is 2.41. The maximum atomic E-state index is 5.19. The largest absolute Gasteiger partial charge is 0.354 e. The number of fused-ring (bicyclic) bond motifs is 4. The molecule has 1 aliphatic rings. The summed E-state index contributed by atoms with van der Waals surface area (Å²) in [6.45, 7) is 6.30. The van der Waals surface area contributed by atoms with Crippen molar-refractivity contribution >= 4 is 33.2 Å². The fourth-order valence-corrected chi connectivity index (χ4v) is 4.75. The number of benzene rings is 4. The van der Waals surface area contributed by atoms with Gasteiger partial charge < -0.3 is 4.98 Å². The lowest BCUT2D eigenvalue weighted by atomic mass is 9.71. The monoisotopic (exact) mass is 402 g/mol. The molecule has 2 heteroatoms. The van der Waals surface area contributed by atoms with Gasteiger partial charge in [-0.25, -0.2) is 0 Å². The third kappa shape index (κ3) is 2.90. The molecule has 5 aromatic rings. The van der Waals surface area contributed by atoms with Gasteiger partial charge in [0, 0.05) is 21.8 Å². The molecule has 1 aliphatic heterocycles. The molecule has 1 atom stereocenters. The van der Waals surface area contributed by atoms with Gasteiger partial charge >= 0.3 is 0 Å². The van der Waals surface area contributed by atoms with Crippen LogP contribution in [0.5, 0.6) is 0 Å². The highest BCUT2D eigenvalue weighted by atomic mass is 14.8. The lowest BCUT2D eigenvalue weighted by Gasteiger charge is -2.29. The summed E-state index contributed by atoms with van der Waals surface area (Å²) in [7, 11) is 0. The van der Waals surface area contributed by atoms with Crippen molar-refractivity contribution in [2.24, 2.45) is 4.99 Å². The Morgan fingerprint density at radius 2 is 1.32 bits per heavy atom. The van der Waals surface area contributed by atoms with E-state index in [2.05, 4.69) is 109 Å². The van der Waals surface area contributed by atoms with Gasteiger partial charge in [-0.15, -0.1) is 0 Å². The summed E-state index contributed by atoms with van der Waals surface area (Å²) >= 11 is 0. The molecule has 4 aromatic carbocycles. The summed E-state index contributed by atoms with van der Waals surface area (Å²) in [5.41, 5.74) is 7.88. The molecule has 0 radical (unpaired) electrons. The van der Waals surface area contributed by atoms with E-state index >= 15 is 0 Å². The van der Waals surface area contributed by atoms with Gasteiger partial charge in [-0.2, -0.15) is 0 Å². The fourth-order valence-electron chi connectivity index (χ4n) is 4.75. The van der Waals surface area contributed by atoms with Gasteiger partial charge in [0.1, 0.15) is 0 Å². The lowest BCUT2D eigenvalue weighted by Crippen LogP contribution is -2.31. The van der Waals surface area contributed by atoms with Crippen LogP contribution in [0.1, 0.15) is 37.5 Å². The normalized spacial score (nSPS) is 17.2. The Labute approximate surface area is 183 Å². The number of aromatic amines is 1. The van der Waals surface area contributed by atoms with Crippen LogP contribution in [0.15, 0.2) is 102 Å². The molecular formula is C29H26N2. The van der Waals surface area contributed by atoms with Crippen molar-refractivity contribution in [2.75, 3.05) is 0 Å². The SMILES string of the molecule is CC.CC1(c2ccccc2)C(c2ccccc2)=Nc2cc3c(cc21)[nH]c1ccccc13. The van der Waals surface area contributed by atoms with Crippen molar-refractivity contribution in [1.82, 2.24) is 4.98 Å². The minimum atomic E-state index is -0.302.